The molecule has 3 atom stereocenters. The second kappa shape index (κ2) is 12.2. The van der Waals surface area contributed by atoms with Gasteiger partial charge < -0.3 is 24.4 Å². The van der Waals surface area contributed by atoms with Crippen molar-refractivity contribution in [2.24, 2.45) is 11.8 Å². The van der Waals surface area contributed by atoms with Crippen LogP contribution in [0.5, 0.6) is 5.88 Å². The predicted octanol–water partition coefficient (Wildman–Crippen LogP) is 2.34. The molecule has 1 aromatic heterocycles. The van der Waals surface area contributed by atoms with E-state index in [-0.39, 0.29) is 48.3 Å². The third-order valence-corrected chi connectivity index (χ3v) is 6.53. The van der Waals surface area contributed by atoms with Gasteiger partial charge in [-0.2, -0.15) is 0 Å². The van der Waals surface area contributed by atoms with E-state index in [9.17, 15) is 14.7 Å². The van der Waals surface area contributed by atoms with Crippen LogP contribution in [0.2, 0.25) is 0 Å². The van der Waals surface area contributed by atoms with Crippen molar-refractivity contribution in [3.05, 3.63) is 23.4 Å². The molecular formula is C26H37N3O5. The summed E-state index contributed by atoms with van der Waals surface area (Å²) in [5, 5.41) is 9.80. The summed E-state index contributed by atoms with van der Waals surface area (Å²) in [5.41, 5.74) is 0.983. The summed E-state index contributed by atoms with van der Waals surface area (Å²) in [4.78, 5) is 34.3. The number of hydrogen-bond acceptors (Lipinski definition) is 6. The molecule has 0 radical (unpaired) electrons. The van der Waals surface area contributed by atoms with Crippen LogP contribution in [-0.2, 0) is 9.53 Å². The Bertz CT molecular complexity index is 919. The second-order valence-electron chi connectivity index (χ2n) is 9.36. The highest BCUT2D eigenvalue weighted by atomic mass is 16.5. The molecule has 2 aliphatic rings. The molecule has 0 saturated carbocycles. The van der Waals surface area contributed by atoms with Gasteiger partial charge in [0.25, 0.3) is 5.91 Å². The van der Waals surface area contributed by atoms with Gasteiger partial charge in [0.2, 0.25) is 11.8 Å². The minimum absolute atomic E-state index is 0.0373. The third kappa shape index (κ3) is 6.28. The van der Waals surface area contributed by atoms with E-state index in [4.69, 9.17) is 9.47 Å². The van der Waals surface area contributed by atoms with Gasteiger partial charge in [-0.05, 0) is 32.3 Å². The van der Waals surface area contributed by atoms with Crippen LogP contribution in [0.4, 0.5) is 0 Å². The van der Waals surface area contributed by atoms with Crippen molar-refractivity contribution < 1.29 is 24.2 Å². The molecule has 0 aliphatic carbocycles. The fourth-order valence-electron chi connectivity index (χ4n) is 4.29. The van der Waals surface area contributed by atoms with Crippen LogP contribution in [0.3, 0.4) is 0 Å². The molecule has 1 aromatic rings. The number of aromatic nitrogens is 1. The molecule has 186 valence electrons. The molecule has 2 aliphatic heterocycles. The van der Waals surface area contributed by atoms with Gasteiger partial charge in [-0.15, -0.1) is 0 Å². The largest absolute Gasteiger partial charge is 0.472 e. The van der Waals surface area contributed by atoms with Crippen LogP contribution in [0, 0.1) is 23.7 Å². The summed E-state index contributed by atoms with van der Waals surface area (Å²) in [6.45, 7) is 7.73. The molecular weight excluding hydrogens is 434 g/mol. The molecule has 3 heterocycles. The number of rotatable bonds is 6. The zero-order valence-corrected chi connectivity index (χ0v) is 20.7. The average Bonchev–Trinajstić information content (AvgIpc) is 2.86. The molecule has 1 fully saturated rings. The van der Waals surface area contributed by atoms with Gasteiger partial charge in [0.15, 0.2) is 0 Å². The van der Waals surface area contributed by atoms with E-state index in [1.54, 1.807) is 29.1 Å². The van der Waals surface area contributed by atoms with E-state index >= 15 is 0 Å². The van der Waals surface area contributed by atoms with E-state index in [0.29, 0.717) is 37.4 Å². The van der Waals surface area contributed by atoms with Crippen LogP contribution in [-0.4, -0.2) is 83.8 Å². The topological polar surface area (TPSA) is 92.2 Å². The zero-order chi connectivity index (χ0) is 24.7. The van der Waals surface area contributed by atoms with Crippen LogP contribution in [0.25, 0.3) is 0 Å². The molecule has 1 N–H and O–H groups in total. The van der Waals surface area contributed by atoms with Crippen molar-refractivity contribution in [3.63, 3.8) is 0 Å². The normalized spacial score (nSPS) is 21.9. The summed E-state index contributed by atoms with van der Waals surface area (Å²) >= 11 is 0. The number of unbranched alkanes of at least 4 members (excludes halogenated alkanes) is 1. The number of fused-ring (bicyclic) bond motifs is 1. The Kier molecular flexibility index (Phi) is 9.31. The first-order valence-electron chi connectivity index (χ1n) is 12.3. The highest BCUT2D eigenvalue weighted by Gasteiger charge is 2.35. The first-order chi connectivity index (χ1) is 16.3. The van der Waals surface area contributed by atoms with Gasteiger partial charge >= 0.3 is 0 Å². The molecule has 0 aromatic carbocycles. The first-order valence-corrected chi connectivity index (χ1v) is 12.3. The van der Waals surface area contributed by atoms with Gasteiger partial charge in [0.1, 0.15) is 11.7 Å². The molecule has 0 bridgehead atoms. The fourth-order valence-corrected chi connectivity index (χ4v) is 4.29. The summed E-state index contributed by atoms with van der Waals surface area (Å²) in [6.07, 6.45) is 4.43. The van der Waals surface area contributed by atoms with E-state index in [1.165, 1.54) is 0 Å². The lowest BCUT2D eigenvalue weighted by molar-refractivity contribution is -0.138. The number of aliphatic hydroxyl groups excluding tert-OH is 1. The number of nitrogens with zero attached hydrogens (tertiary/aromatic N) is 3. The number of carbonyl (C=O) groups excluding carboxylic acids is 2. The van der Waals surface area contributed by atoms with Gasteiger partial charge in [0, 0.05) is 56.8 Å². The standard InChI is InChI=1S/C26H37N3O5/c1-5-6-7-8-20-13-22-24(27-14-20)34-23(18(2)15-29(26(22)32)19(3)17-30)16-28(4)25(31)21-9-11-33-12-10-21/h13-14,18-19,21,23,30H,5-6,9-12,15-17H2,1-4H3/t18-,19+,23-/m0/s1. The Hall–Kier alpha value is -2.63. The molecule has 8 nitrogen and oxygen atoms in total. The van der Waals surface area contributed by atoms with Gasteiger partial charge in [-0.1, -0.05) is 25.7 Å². The number of likely N-dealkylation sites (N-methyl/N-ethyl adjacent to an activating group) is 1. The Balaban J connectivity index is 1.88. The highest BCUT2D eigenvalue weighted by Crippen LogP contribution is 2.28. The Morgan fingerprint density at radius 3 is 2.79 bits per heavy atom. The first kappa shape index (κ1) is 26.0. The van der Waals surface area contributed by atoms with E-state index in [0.717, 1.165) is 25.7 Å². The molecule has 34 heavy (non-hydrogen) atoms. The molecule has 1 saturated heterocycles. The summed E-state index contributed by atoms with van der Waals surface area (Å²) < 4.78 is 11.7. The molecule has 2 amide bonds. The molecule has 0 spiro atoms. The van der Waals surface area contributed by atoms with Crippen molar-refractivity contribution in [3.8, 4) is 17.7 Å². The highest BCUT2D eigenvalue weighted by molar-refractivity contribution is 5.97. The minimum atomic E-state index is -0.363. The summed E-state index contributed by atoms with van der Waals surface area (Å²) in [6, 6.07) is 1.35. The number of aliphatic hydroxyl groups is 1. The van der Waals surface area contributed by atoms with Crippen molar-refractivity contribution in [1.82, 2.24) is 14.8 Å². The maximum Gasteiger partial charge on any atom is 0.259 e. The van der Waals surface area contributed by atoms with Crippen molar-refractivity contribution in [2.75, 3.05) is 40.0 Å². The van der Waals surface area contributed by atoms with Crippen molar-refractivity contribution >= 4 is 11.8 Å². The van der Waals surface area contributed by atoms with Gasteiger partial charge in [-0.3, -0.25) is 9.59 Å². The van der Waals surface area contributed by atoms with Crippen molar-refractivity contribution in [2.45, 2.75) is 58.6 Å². The maximum absolute atomic E-state index is 13.4. The quantitative estimate of drug-likeness (QED) is 0.641. The van der Waals surface area contributed by atoms with Crippen molar-refractivity contribution in [1.29, 1.82) is 0 Å². The fraction of sp³-hybridized carbons (Fsp3) is 0.654. The summed E-state index contributed by atoms with van der Waals surface area (Å²) in [7, 11) is 1.80. The Morgan fingerprint density at radius 2 is 2.12 bits per heavy atom. The zero-order valence-electron chi connectivity index (χ0n) is 20.7. The third-order valence-electron chi connectivity index (χ3n) is 6.53. The monoisotopic (exact) mass is 471 g/mol. The lowest BCUT2D eigenvalue weighted by Gasteiger charge is -2.38. The average molecular weight is 472 g/mol. The van der Waals surface area contributed by atoms with Crippen LogP contribution < -0.4 is 4.74 Å². The van der Waals surface area contributed by atoms with Crippen LogP contribution in [0.1, 0.15) is 62.4 Å². The van der Waals surface area contributed by atoms with Crippen LogP contribution >= 0.6 is 0 Å². The smallest absolute Gasteiger partial charge is 0.259 e. The maximum atomic E-state index is 13.4. The lowest BCUT2D eigenvalue weighted by Crippen LogP contribution is -2.51. The molecule has 3 rings (SSSR count). The molecule has 8 heteroatoms. The van der Waals surface area contributed by atoms with Crippen LogP contribution in [0.15, 0.2) is 12.3 Å². The number of carbonyl (C=O) groups is 2. The van der Waals surface area contributed by atoms with E-state index in [1.807, 2.05) is 13.8 Å². The number of hydrogen-bond donors (Lipinski definition) is 1. The van der Waals surface area contributed by atoms with E-state index < -0.39 is 0 Å². The Morgan fingerprint density at radius 1 is 1.38 bits per heavy atom. The number of ether oxygens (including phenoxy) is 2. The molecule has 0 unspecified atom stereocenters. The Labute approximate surface area is 202 Å². The van der Waals surface area contributed by atoms with E-state index in [2.05, 4.69) is 23.7 Å². The second-order valence-corrected chi connectivity index (χ2v) is 9.36. The number of pyridine rings is 1. The summed E-state index contributed by atoms with van der Waals surface area (Å²) in [5.74, 6) is 6.12. The minimum Gasteiger partial charge on any atom is -0.472 e. The lowest BCUT2D eigenvalue weighted by atomic mass is 9.97. The number of amides is 2. The SMILES string of the molecule is CCCC#Cc1cnc2c(c1)C(=O)N([C@H](C)CO)C[C@H](C)[C@H](CN(C)C(=O)C1CCOCC1)O2. The van der Waals surface area contributed by atoms with Gasteiger partial charge in [-0.25, -0.2) is 4.98 Å². The predicted molar refractivity (Wildman–Crippen MR) is 128 cm³/mol. The van der Waals surface area contributed by atoms with Gasteiger partial charge in [0.05, 0.1) is 19.2 Å².